The predicted octanol–water partition coefficient (Wildman–Crippen LogP) is 5.89. The quantitative estimate of drug-likeness (QED) is 0.230. The molecule has 4 nitrogen and oxygen atoms in total. The topological polar surface area (TPSA) is 74.6 Å². The smallest absolute Gasteiger partial charge is 0.267 e. The van der Waals surface area contributed by atoms with E-state index in [0.29, 0.717) is 12.8 Å². The fraction of sp³-hybridized carbons (Fsp3) is 1.00. The second-order valence-electron chi connectivity index (χ2n) is 7.48. The maximum atomic E-state index is 11.5. The van der Waals surface area contributed by atoms with Crippen LogP contribution in [-0.2, 0) is 10.1 Å². The van der Waals surface area contributed by atoms with Gasteiger partial charge in [0.05, 0.1) is 11.4 Å². The van der Waals surface area contributed by atoms with E-state index < -0.39 is 15.4 Å². The summed E-state index contributed by atoms with van der Waals surface area (Å²) in [5.74, 6) is 0. The Labute approximate surface area is 156 Å². The lowest BCUT2D eigenvalue weighted by Gasteiger charge is -2.14. The Bertz CT molecular complexity index is 381. The van der Waals surface area contributed by atoms with Crippen LogP contribution in [0.3, 0.4) is 0 Å². The summed E-state index contributed by atoms with van der Waals surface area (Å²) in [7, 11) is -3.90. The van der Waals surface area contributed by atoms with Crippen molar-refractivity contribution in [2.45, 2.75) is 128 Å². The molecule has 152 valence electrons. The highest BCUT2D eigenvalue weighted by Crippen LogP contribution is 2.19. The molecule has 0 aromatic heterocycles. The third kappa shape index (κ3) is 15.8. The van der Waals surface area contributed by atoms with Crippen LogP contribution in [0.15, 0.2) is 0 Å². The number of aliphatic hydroxyl groups excluding tert-OH is 1. The molecule has 0 saturated heterocycles. The van der Waals surface area contributed by atoms with E-state index in [2.05, 4.69) is 13.8 Å². The van der Waals surface area contributed by atoms with Gasteiger partial charge in [-0.05, 0) is 25.7 Å². The van der Waals surface area contributed by atoms with E-state index in [-0.39, 0.29) is 6.10 Å². The highest BCUT2D eigenvalue weighted by Gasteiger charge is 2.21. The van der Waals surface area contributed by atoms with Crippen molar-refractivity contribution in [1.82, 2.24) is 0 Å². The minimum Gasteiger partial charge on any atom is -0.393 e. The molecule has 0 aliphatic rings. The largest absolute Gasteiger partial charge is 0.393 e. The van der Waals surface area contributed by atoms with Gasteiger partial charge in [-0.25, -0.2) is 0 Å². The molecule has 2 atom stereocenters. The van der Waals surface area contributed by atoms with E-state index in [1.165, 1.54) is 12.8 Å². The second kappa shape index (κ2) is 16.1. The van der Waals surface area contributed by atoms with Gasteiger partial charge in [-0.15, -0.1) is 0 Å². The van der Waals surface area contributed by atoms with Crippen LogP contribution in [0.1, 0.15) is 117 Å². The van der Waals surface area contributed by atoms with Crippen LogP contribution in [0.5, 0.6) is 0 Å². The Kier molecular flexibility index (Phi) is 16.0. The molecule has 2 unspecified atom stereocenters. The Hall–Kier alpha value is -0.130. The van der Waals surface area contributed by atoms with Crippen LogP contribution in [0.25, 0.3) is 0 Å². The highest BCUT2D eigenvalue weighted by atomic mass is 32.2. The molecular weight excluding hydrogens is 336 g/mol. The maximum Gasteiger partial charge on any atom is 0.267 e. The number of hydrogen-bond donors (Lipinski definition) is 2. The van der Waals surface area contributed by atoms with Crippen molar-refractivity contribution in [2.24, 2.45) is 0 Å². The van der Waals surface area contributed by atoms with Gasteiger partial charge >= 0.3 is 0 Å². The minimum absolute atomic E-state index is 0.154. The molecule has 0 heterocycles. The summed E-state index contributed by atoms with van der Waals surface area (Å²) < 4.78 is 32.3. The molecule has 0 amide bonds. The fourth-order valence-corrected chi connectivity index (χ4v) is 4.23. The number of rotatable bonds is 18. The number of hydrogen-bond acceptors (Lipinski definition) is 3. The van der Waals surface area contributed by atoms with Gasteiger partial charge in [0.1, 0.15) is 0 Å². The van der Waals surface area contributed by atoms with Gasteiger partial charge in [0.25, 0.3) is 10.1 Å². The van der Waals surface area contributed by atoms with E-state index >= 15 is 0 Å². The van der Waals surface area contributed by atoms with Gasteiger partial charge in [-0.1, -0.05) is 90.9 Å². The van der Waals surface area contributed by atoms with Crippen molar-refractivity contribution < 1.29 is 18.1 Å². The summed E-state index contributed by atoms with van der Waals surface area (Å²) in [6.07, 6.45) is 15.6. The standard InChI is InChI=1S/C20H42O4S/c1-3-5-7-13-17-20(25(22,23)24)18-14-10-8-9-12-16-19(21)15-11-6-4-2/h19-21H,3-18H2,1-2H3,(H,22,23,24). The average molecular weight is 379 g/mol. The summed E-state index contributed by atoms with van der Waals surface area (Å²) in [4.78, 5) is 0. The van der Waals surface area contributed by atoms with Crippen molar-refractivity contribution in [3.8, 4) is 0 Å². The van der Waals surface area contributed by atoms with Crippen LogP contribution >= 0.6 is 0 Å². The van der Waals surface area contributed by atoms with E-state index in [4.69, 9.17) is 0 Å². The minimum atomic E-state index is -3.90. The van der Waals surface area contributed by atoms with Crippen LogP contribution < -0.4 is 0 Å². The summed E-state index contributed by atoms with van der Waals surface area (Å²) in [5.41, 5.74) is 0. The van der Waals surface area contributed by atoms with E-state index in [9.17, 15) is 18.1 Å². The molecule has 0 aromatic rings. The zero-order valence-electron chi connectivity index (χ0n) is 16.6. The summed E-state index contributed by atoms with van der Waals surface area (Å²) in [6, 6.07) is 0. The normalized spacial score (nSPS) is 14.6. The lowest BCUT2D eigenvalue weighted by Crippen LogP contribution is -2.20. The van der Waals surface area contributed by atoms with Crippen molar-refractivity contribution in [1.29, 1.82) is 0 Å². The average Bonchev–Trinajstić information content (AvgIpc) is 2.55. The van der Waals surface area contributed by atoms with Gasteiger partial charge in [-0.2, -0.15) is 8.42 Å². The molecule has 0 aliphatic carbocycles. The highest BCUT2D eigenvalue weighted by molar-refractivity contribution is 7.86. The fourth-order valence-electron chi connectivity index (χ4n) is 3.30. The van der Waals surface area contributed by atoms with Crippen molar-refractivity contribution in [3.63, 3.8) is 0 Å². The number of unbranched alkanes of at least 4 members (excludes halogenated alkanes) is 9. The van der Waals surface area contributed by atoms with Gasteiger partial charge in [0.2, 0.25) is 0 Å². The van der Waals surface area contributed by atoms with Crippen LogP contribution in [0.4, 0.5) is 0 Å². The molecule has 0 rings (SSSR count). The monoisotopic (exact) mass is 378 g/mol. The Morgan fingerprint density at radius 2 is 1.00 bits per heavy atom. The molecule has 0 fully saturated rings. The van der Waals surface area contributed by atoms with Gasteiger partial charge < -0.3 is 5.11 Å². The Morgan fingerprint density at radius 1 is 0.640 bits per heavy atom. The van der Waals surface area contributed by atoms with E-state index in [0.717, 1.165) is 77.0 Å². The SMILES string of the molecule is CCCCCCC(CCCCCCCC(O)CCCCC)S(=O)(=O)O. The molecular formula is C20H42O4S. The molecule has 0 aliphatic heterocycles. The molecule has 2 N–H and O–H groups in total. The van der Waals surface area contributed by atoms with Gasteiger partial charge in [-0.3, -0.25) is 4.55 Å². The first kappa shape index (κ1) is 24.9. The summed E-state index contributed by atoms with van der Waals surface area (Å²) in [5, 5.41) is 9.29. The van der Waals surface area contributed by atoms with E-state index in [1.54, 1.807) is 0 Å². The van der Waals surface area contributed by atoms with Crippen molar-refractivity contribution >= 4 is 10.1 Å². The molecule has 0 saturated carbocycles. The molecule has 0 radical (unpaired) electrons. The summed E-state index contributed by atoms with van der Waals surface area (Å²) >= 11 is 0. The third-order valence-electron chi connectivity index (χ3n) is 5.01. The summed E-state index contributed by atoms with van der Waals surface area (Å²) in [6.45, 7) is 4.30. The lowest BCUT2D eigenvalue weighted by atomic mass is 10.0. The third-order valence-corrected chi connectivity index (χ3v) is 6.32. The molecule has 5 heteroatoms. The van der Waals surface area contributed by atoms with Crippen molar-refractivity contribution in [3.05, 3.63) is 0 Å². The first-order chi connectivity index (χ1) is 11.9. The van der Waals surface area contributed by atoms with Crippen LogP contribution in [0, 0.1) is 0 Å². The van der Waals surface area contributed by atoms with Gasteiger partial charge in [0, 0.05) is 0 Å². The first-order valence-corrected chi connectivity index (χ1v) is 12.1. The predicted molar refractivity (Wildman–Crippen MR) is 107 cm³/mol. The zero-order chi connectivity index (χ0) is 19.0. The Morgan fingerprint density at radius 3 is 1.48 bits per heavy atom. The maximum absolute atomic E-state index is 11.5. The lowest BCUT2D eigenvalue weighted by molar-refractivity contribution is 0.147. The molecule has 0 bridgehead atoms. The first-order valence-electron chi connectivity index (χ1n) is 10.6. The van der Waals surface area contributed by atoms with Gasteiger partial charge in [0.15, 0.2) is 0 Å². The molecule has 0 aromatic carbocycles. The number of aliphatic hydroxyl groups is 1. The Balaban J connectivity index is 3.70. The van der Waals surface area contributed by atoms with E-state index in [1.807, 2.05) is 0 Å². The molecule has 0 spiro atoms. The molecule has 25 heavy (non-hydrogen) atoms. The van der Waals surface area contributed by atoms with Crippen LogP contribution in [0.2, 0.25) is 0 Å². The zero-order valence-corrected chi connectivity index (χ0v) is 17.4. The second-order valence-corrected chi connectivity index (χ2v) is 9.18. The van der Waals surface area contributed by atoms with Crippen LogP contribution in [-0.4, -0.2) is 29.4 Å². The van der Waals surface area contributed by atoms with Crippen molar-refractivity contribution in [2.75, 3.05) is 0 Å².